The first-order valence-electron chi connectivity index (χ1n) is 7.96. The molecule has 6 nitrogen and oxygen atoms in total. The van der Waals surface area contributed by atoms with Crippen LogP contribution in [0.5, 0.6) is 0 Å². The van der Waals surface area contributed by atoms with E-state index in [9.17, 15) is 9.59 Å². The Labute approximate surface area is 136 Å². The summed E-state index contributed by atoms with van der Waals surface area (Å²) in [6.45, 7) is 3.25. The van der Waals surface area contributed by atoms with Gasteiger partial charge in [0.25, 0.3) is 0 Å². The SMILES string of the molecule is CC(OCC1CCCCO1)C(=O)NCc1cccc(C(N)=O)c1. The third-order valence-corrected chi connectivity index (χ3v) is 3.85. The molecule has 1 aliphatic rings. The highest BCUT2D eigenvalue weighted by Crippen LogP contribution is 2.13. The van der Waals surface area contributed by atoms with Crippen molar-refractivity contribution < 1.29 is 19.1 Å². The number of hydrogen-bond acceptors (Lipinski definition) is 4. The van der Waals surface area contributed by atoms with Gasteiger partial charge in [-0.25, -0.2) is 0 Å². The molecule has 1 fully saturated rings. The maximum atomic E-state index is 12.0. The van der Waals surface area contributed by atoms with Gasteiger partial charge in [0, 0.05) is 18.7 Å². The van der Waals surface area contributed by atoms with Crippen LogP contribution in [0.2, 0.25) is 0 Å². The Kier molecular flexibility index (Phi) is 6.55. The molecule has 1 heterocycles. The van der Waals surface area contributed by atoms with Gasteiger partial charge in [-0.1, -0.05) is 12.1 Å². The third-order valence-electron chi connectivity index (χ3n) is 3.85. The topological polar surface area (TPSA) is 90.7 Å². The first-order valence-corrected chi connectivity index (χ1v) is 7.96. The predicted octanol–water partition coefficient (Wildman–Crippen LogP) is 1.38. The number of nitrogens with two attached hydrogens (primary N) is 1. The molecule has 2 unspecified atom stereocenters. The number of amides is 2. The zero-order valence-electron chi connectivity index (χ0n) is 13.4. The molecule has 1 saturated heterocycles. The van der Waals surface area contributed by atoms with Crippen LogP contribution in [-0.4, -0.2) is 37.2 Å². The minimum absolute atomic E-state index is 0.0891. The highest BCUT2D eigenvalue weighted by atomic mass is 16.5. The van der Waals surface area contributed by atoms with Gasteiger partial charge in [0.2, 0.25) is 11.8 Å². The Morgan fingerprint density at radius 1 is 1.43 bits per heavy atom. The summed E-state index contributed by atoms with van der Waals surface area (Å²) < 4.78 is 11.2. The fraction of sp³-hybridized carbons (Fsp3) is 0.529. The van der Waals surface area contributed by atoms with Crippen molar-refractivity contribution in [2.75, 3.05) is 13.2 Å². The van der Waals surface area contributed by atoms with Crippen molar-refractivity contribution in [2.45, 2.75) is 44.9 Å². The normalized spacial score (nSPS) is 19.1. The van der Waals surface area contributed by atoms with Crippen LogP contribution < -0.4 is 11.1 Å². The van der Waals surface area contributed by atoms with Crippen molar-refractivity contribution in [2.24, 2.45) is 5.73 Å². The summed E-state index contributed by atoms with van der Waals surface area (Å²) in [5.74, 6) is -0.673. The van der Waals surface area contributed by atoms with Gasteiger partial charge in [-0.15, -0.1) is 0 Å². The van der Waals surface area contributed by atoms with E-state index < -0.39 is 12.0 Å². The van der Waals surface area contributed by atoms with E-state index in [1.807, 2.05) is 6.07 Å². The van der Waals surface area contributed by atoms with E-state index in [1.54, 1.807) is 25.1 Å². The van der Waals surface area contributed by atoms with Gasteiger partial charge < -0.3 is 20.5 Å². The van der Waals surface area contributed by atoms with Crippen molar-refractivity contribution >= 4 is 11.8 Å². The average molecular weight is 320 g/mol. The smallest absolute Gasteiger partial charge is 0.249 e. The maximum absolute atomic E-state index is 12.0. The standard InChI is InChI=1S/C17H24N2O4/c1-12(23-11-15-7-2-3-8-22-15)17(21)19-10-13-5-4-6-14(9-13)16(18)20/h4-6,9,12,15H,2-3,7-8,10-11H2,1H3,(H2,18,20)(H,19,21). The van der Waals surface area contributed by atoms with Crippen LogP contribution in [0.1, 0.15) is 42.1 Å². The fourth-order valence-electron chi connectivity index (χ4n) is 2.43. The van der Waals surface area contributed by atoms with Crippen LogP contribution in [0, 0.1) is 0 Å². The van der Waals surface area contributed by atoms with E-state index in [4.69, 9.17) is 15.2 Å². The number of primary amides is 1. The van der Waals surface area contributed by atoms with E-state index in [0.29, 0.717) is 18.7 Å². The maximum Gasteiger partial charge on any atom is 0.249 e. The number of carbonyl (C=O) groups is 2. The lowest BCUT2D eigenvalue weighted by Gasteiger charge is -2.23. The summed E-state index contributed by atoms with van der Waals surface area (Å²) in [6.07, 6.45) is 2.77. The quantitative estimate of drug-likeness (QED) is 0.794. The van der Waals surface area contributed by atoms with Crippen molar-refractivity contribution in [3.63, 3.8) is 0 Å². The van der Waals surface area contributed by atoms with Crippen molar-refractivity contribution in [3.8, 4) is 0 Å². The summed E-state index contributed by atoms with van der Waals surface area (Å²) >= 11 is 0. The highest BCUT2D eigenvalue weighted by Gasteiger charge is 2.18. The largest absolute Gasteiger partial charge is 0.376 e. The van der Waals surface area contributed by atoms with E-state index in [1.165, 1.54) is 0 Å². The second-order valence-corrected chi connectivity index (χ2v) is 5.75. The first kappa shape index (κ1) is 17.4. The van der Waals surface area contributed by atoms with Gasteiger partial charge in [-0.05, 0) is 43.9 Å². The summed E-state index contributed by atoms with van der Waals surface area (Å²) in [5, 5.41) is 2.80. The summed E-state index contributed by atoms with van der Waals surface area (Å²) in [7, 11) is 0. The minimum Gasteiger partial charge on any atom is -0.376 e. The first-order chi connectivity index (χ1) is 11.1. The molecule has 0 bridgehead atoms. The Morgan fingerprint density at radius 3 is 2.96 bits per heavy atom. The number of benzene rings is 1. The molecule has 1 aromatic rings. The zero-order chi connectivity index (χ0) is 16.7. The number of rotatable bonds is 7. The molecular weight excluding hydrogens is 296 g/mol. The lowest BCUT2D eigenvalue weighted by atomic mass is 10.1. The number of hydrogen-bond donors (Lipinski definition) is 2. The molecule has 1 aliphatic heterocycles. The molecule has 2 rings (SSSR count). The van der Waals surface area contributed by atoms with Gasteiger partial charge in [0.15, 0.2) is 0 Å². The van der Waals surface area contributed by atoms with Crippen LogP contribution in [-0.2, 0) is 20.8 Å². The van der Waals surface area contributed by atoms with Gasteiger partial charge in [0.05, 0.1) is 12.7 Å². The van der Waals surface area contributed by atoms with Crippen LogP contribution in [0.25, 0.3) is 0 Å². The van der Waals surface area contributed by atoms with Crippen LogP contribution in [0.3, 0.4) is 0 Å². The van der Waals surface area contributed by atoms with Gasteiger partial charge in [-0.2, -0.15) is 0 Å². The molecule has 0 saturated carbocycles. The molecule has 0 radical (unpaired) electrons. The van der Waals surface area contributed by atoms with Crippen LogP contribution >= 0.6 is 0 Å². The zero-order valence-corrected chi connectivity index (χ0v) is 13.4. The monoisotopic (exact) mass is 320 g/mol. The third kappa shape index (κ3) is 5.65. The van der Waals surface area contributed by atoms with Gasteiger partial charge in [0.1, 0.15) is 6.10 Å². The summed E-state index contributed by atoms with van der Waals surface area (Å²) in [6, 6.07) is 6.88. The molecule has 0 spiro atoms. The molecule has 0 aliphatic carbocycles. The Hall–Kier alpha value is -1.92. The van der Waals surface area contributed by atoms with E-state index in [2.05, 4.69) is 5.32 Å². The van der Waals surface area contributed by atoms with Crippen molar-refractivity contribution in [1.82, 2.24) is 5.32 Å². The van der Waals surface area contributed by atoms with Gasteiger partial charge >= 0.3 is 0 Å². The molecule has 3 N–H and O–H groups in total. The minimum atomic E-state index is -0.542. The molecule has 2 atom stereocenters. The van der Waals surface area contributed by atoms with E-state index in [0.717, 1.165) is 31.4 Å². The lowest BCUT2D eigenvalue weighted by Crippen LogP contribution is -2.36. The molecule has 23 heavy (non-hydrogen) atoms. The Balaban J connectivity index is 1.75. The van der Waals surface area contributed by atoms with Gasteiger partial charge in [-0.3, -0.25) is 9.59 Å². The molecule has 6 heteroatoms. The Bertz CT molecular complexity index is 541. The predicted molar refractivity (Wildman–Crippen MR) is 85.8 cm³/mol. The fourth-order valence-corrected chi connectivity index (χ4v) is 2.43. The number of carbonyl (C=O) groups excluding carboxylic acids is 2. The second-order valence-electron chi connectivity index (χ2n) is 5.75. The number of ether oxygens (including phenoxy) is 2. The molecule has 126 valence electrons. The lowest BCUT2D eigenvalue weighted by molar-refractivity contribution is -0.135. The number of nitrogens with one attached hydrogen (secondary N) is 1. The van der Waals surface area contributed by atoms with Crippen LogP contribution in [0.15, 0.2) is 24.3 Å². The summed E-state index contributed by atoms with van der Waals surface area (Å²) in [5.41, 5.74) is 6.48. The second kappa shape index (κ2) is 8.64. The summed E-state index contributed by atoms with van der Waals surface area (Å²) in [4.78, 5) is 23.2. The van der Waals surface area contributed by atoms with E-state index >= 15 is 0 Å². The van der Waals surface area contributed by atoms with E-state index in [-0.39, 0.29) is 12.0 Å². The molecular formula is C17H24N2O4. The van der Waals surface area contributed by atoms with Crippen LogP contribution in [0.4, 0.5) is 0 Å². The average Bonchev–Trinajstić information content (AvgIpc) is 2.58. The molecule has 1 aromatic carbocycles. The van der Waals surface area contributed by atoms with Crippen molar-refractivity contribution in [3.05, 3.63) is 35.4 Å². The highest BCUT2D eigenvalue weighted by molar-refractivity contribution is 5.92. The molecule has 0 aromatic heterocycles. The Morgan fingerprint density at radius 2 is 2.26 bits per heavy atom. The molecule has 2 amide bonds. The van der Waals surface area contributed by atoms with Crippen molar-refractivity contribution in [1.29, 1.82) is 0 Å².